The van der Waals surface area contributed by atoms with Crippen LogP contribution in [0.15, 0.2) is 41.3 Å². The Morgan fingerprint density at radius 1 is 1.23 bits per heavy atom. The van der Waals surface area contributed by atoms with E-state index in [1.165, 1.54) is 35.7 Å². The van der Waals surface area contributed by atoms with Gasteiger partial charge in [-0.1, -0.05) is 0 Å². The molecule has 0 bridgehead atoms. The summed E-state index contributed by atoms with van der Waals surface area (Å²) in [5.41, 5.74) is -0.922. The third kappa shape index (κ3) is 4.04. The molecule has 1 saturated carbocycles. The third-order valence-corrected chi connectivity index (χ3v) is 7.02. The predicted molar refractivity (Wildman–Crippen MR) is 116 cm³/mol. The molecule has 1 amide bonds. The number of rotatable bonds is 7. The van der Waals surface area contributed by atoms with Crippen molar-refractivity contribution in [3.63, 3.8) is 0 Å². The van der Waals surface area contributed by atoms with Gasteiger partial charge in [0.05, 0.1) is 23.8 Å². The Bertz CT molecular complexity index is 1400. The van der Waals surface area contributed by atoms with Gasteiger partial charge in [-0.3, -0.25) is 9.62 Å². The van der Waals surface area contributed by atoms with Crippen molar-refractivity contribution in [2.75, 3.05) is 11.8 Å². The number of benzene rings is 1. The molecule has 11 nitrogen and oxygen atoms in total. The van der Waals surface area contributed by atoms with Crippen molar-refractivity contribution < 1.29 is 35.9 Å². The molecule has 14 heteroatoms. The smallest absolute Gasteiger partial charge is 0.416 e. The number of carbonyl (C=O) groups excluding carboxylic acids is 1. The van der Waals surface area contributed by atoms with E-state index in [9.17, 15) is 13.2 Å². The molecule has 3 aromatic rings. The molecule has 0 saturated heterocycles. The highest BCUT2D eigenvalue weighted by atomic mass is 32.2. The number of pyridine rings is 1. The summed E-state index contributed by atoms with van der Waals surface area (Å²) in [7, 11) is -2.87. The van der Waals surface area contributed by atoms with Crippen LogP contribution >= 0.6 is 0 Å². The van der Waals surface area contributed by atoms with Crippen molar-refractivity contribution in [1.82, 2.24) is 19.6 Å². The van der Waals surface area contributed by atoms with Crippen LogP contribution in [-0.2, 0) is 22.3 Å². The Labute approximate surface area is 198 Å². The van der Waals surface area contributed by atoms with Gasteiger partial charge in [-0.25, -0.2) is 23.3 Å². The summed E-state index contributed by atoms with van der Waals surface area (Å²) in [6.07, 6.45) is 4.51. The number of hydrogen-bond acceptors (Lipinski definition) is 8. The Balaban J connectivity index is 1.49. The Hall–Kier alpha value is -3.78. The van der Waals surface area contributed by atoms with Crippen LogP contribution in [0.2, 0.25) is 0 Å². The maximum absolute atomic E-state index is 15.4. The number of nitrogens with one attached hydrogen (secondary N) is 2. The largest absolute Gasteiger partial charge is 0.417 e. The first kappa shape index (κ1) is 23.0. The van der Waals surface area contributed by atoms with Crippen molar-refractivity contribution in [3.05, 3.63) is 59.6 Å². The monoisotopic (exact) mass is 507 g/mol. The first-order chi connectivity index (χ1) is 16.7. The standard InChI is InChI=1S/C21H19F2N5O6S/c1-24-35(30,31)27-18-17(23)12(3-6-25-18)11-28-20(29)34-15-10-13(33-19-26-7-8-32-19)9-14(22)16(15)21(28)4-2-5-21/h3,6-10,24H,2,4-5,11H2,1H3,(H,25,27). The number of anilines is 1. The lowest BCUT2D eigenvalue weighted by Gasteiger charge is -2.52. The molecular weight excluding hydrogens is 488 g/mol. The van der Waals surface area contributed by atoms with Crippen molar-refractivity contribution in [3.8, 4) is 17.6 Å². The van der Waals surface area contributed by atoms with E-state index in [0.29, 0.717) is 19.3 Å². The van der Waals surface area contributed by atoms with Crippen molar-refractivity contribution in [2.24, 2.45) is 0 Å². The van der Waals surface area contributed by atoms with Crippen LogP contribution in [0.25, 0.3) is 0 Å². The topological polar surface area (TPSA) is 136 Å². The van der Waals surface area contributed by atoms with Gasteiger partial charge in [0.2, 0.25) is 0 Å². The zero-order valence-corrected chi connectivity index (χ0v) is 19.1. The SMILES string of the molecule is CNS(=O)(=O)Nc1nccc(CN2C(=O)Oc3cc(Oc4ncco4)cc(F)c3C23CCC3)c1F. The summed E-state index contributed by atoms with van der Waals surface area (Å²) in [4.78, 5) is 21.8. The van der Waals surface area contributed by atoms with E-state index in [1.54, 1.807) is 0 Å². The zero-order chi connectivity index (χ0) is 24.8. The van der Waals surface area contributed by atoms with Gasteiger partial charge >= 0.3 is 12.2 Å². The van der Waals surface area contributed by atoms with E-state index in [4.69, 9.17) is 13.9 Å². The minimum absolute atomic E-state index is 0.00910. The molecule has 0 unspecified atom stereocenters. The van der Waals surface area contributed by atoms with Gasteiger partial charge in [0.1, 0.15) is 23.6 Å². The van der Waals surface area contributed by atoms with Gasteiger partial charge in [0.25, 0.3) is 10.2 Å². The second kappa shape index (κ2) is 8.46. The molecule has 0 radical (unpaired) electrons. The van der Waals surface area contributed by atoms with Gasteiger partial charge in [-0.05, 0) is 25.3 Å². The Morgan fingerprint density at radius 2 is 2.03 bits per heavy atom. The molecule has 184 valence electrons. The van der Waals surface area contributed by atoms with E-state index in [1.807, 2.05) is 9.44 Å². The van der Waals surface area contributed by atoms with Crippen LogP contribution in [0.3, 0.4) is 0 Å². The van der Waals surface area contributed by atoms with Crippen LogP contribution in [-0.4, -0.2) is 36.4 Å². The number of halogens is 2. The summed E-state index contributed by atoms with van der Waals surface area (Å²) >= 11 is 0. The number of amides is 1. The number of ether oxygens (including phenoxy) is 2. The van der Waals surface area contributed by atoms with Gasteiger partial charge in [0, 0.05) is 30.9 Å². The highest BCUT2D eigenvalue weighted by Gasteiger charge is 2.53. The molecular formula is C21H19F2N5O6S. The Kier molecular flexibility index (Phi) is 5.56. The van der Waals surface area contributed by atoms with E-state index in [-0.39, 0.29) is 35.2 Å². The fourth-order valence-corrected chi connectivity index (χ4v) is 4.74. The molecule has 5 rings (SSSR count). The fraction of sp³-hybridized carbons (Fsp3) is 0.286. The lowest BCUT2D eigenvalue weighted by atomic mass is 9.69. The first-order valence-electron chi connectivity index (χ1n) is 10.5. The van der Waals surface area contributed by atoms with Crippen LogP contribution in [0, 0.1) is 11.6 Å². The van der Waals surface area contributed by atoms with Gasteiger partial charge in [-0.2, -0.15) is 13.4 Å². The van der Waals surface area contributed by atoms with Crippen molar-refractivity contribution >= 4 is 22.1 Å². The van der Waals surface area contributed by atoms with Gasteiger partial charge < -0.3 is 13.9 Å². The van der Waals surface area contributed by atoms with E-state index in [0.717, 1.165) is 13.1 Å². The quantitative estimate of drug-likeness (QED) is 0.497. The molecule has 1 spiro atoms. The second-order valence-corrected chi connectivity index (χ2v) is 9.58. The maximum atomic E-state index is 15.4. The highest BCUT2D eigenvalue weighted by molar-refractivity contribution is 7.90. The van der Waals surface area contributed by atoms with Crippen LogP contribution in [0.5, 0.6) is 17.6 Å². The van der Waals surface area contributed by atoms with Crippen LogP contribution in [0.4, 0.5) is 19.4 Å². The van der Waals surface area contributed by atoms with Crippen LogP contribution in [0.1, 0.15) is 30.4 Å². The lowest BCUT2D eigenvalue weighted by molar-refractivity contribution is -0.00182. The molecule has 2 aliphatic rings. The number of carbonyl (C=O) groups is 1. The van der Waals surface area contributed by atoms with E-state index >= 15 is 8.78 Å². The number of aromatic nitrogens is 2. The van der Waals surface area contributed by atoms with Crippen molar-refractivity contribution in [1.29, 1.82) is 0 Å². The maximum Gasteiger partial charge on any atom is 0.416 e. The molecule has 1 aliphatic heterocycles. The molecule has 1 fully saturated rings. The van der Waals surface area contributed by atoms with E-state index in [2.05, 4.69) is 9.97 Å². The zero-order valence-electron chi connectivity index (χ0n) is 18.2. The summed E-state index contributed by atoms with van der Waals surface area (Å²) in [6.45, 7) is -0.297. The molecule has 1 aromatic carbocycles. The number of fused-ring (bicyclic) bond motifs is 2. The second-order valence-electron chi connectivity index (χ2n) is 7.96. The highest BCUT2D eigenvalue weighted by Crippen LogP contribution is 2.54. The molecule has 2 N–H and O–H groups in total. The van der Waals surface area contributed by atoms with E-state index < -0.39 is 39.3 Å². The lowest BCUT2D eigenvalue weighted by Crippen LogP contribution is -2.57. The summed E-state index contributed by atoms with van der Waals surface area (Å²) in [5, 5.41) is 0. The van der Waals surface area contributed by atoms with Gasteiger partial charge in [0.15, 0.2) is 11.6 Å². The molecule has 3 heterocycles. The summed E-state index contributed by atoms with van der Waals surface area (Å²) < 4.78 is 73.8. The molecule has 2 aromatic heterocycles. The van der Waals surface area contributed by atoms with Crippen molar-refractivity contribution in [2.45, 2.75) is 31.3 Å². The predicted octanol–water partition coefficient (Wildman–Crippen LogP) is 3.41. The minimum Gasteiger partial charge on any atom is -0.417 e. The van der Waals surface area contributed by atoms with Gasteiger partial charge in [-0.15, -0.1) is 0 Å². The van der Waals surface area contributed by atoms with Crippen LogP contribution < -0.4 is 18.9 Å². The average molecular weight is 507 g/mol. The fourth-order valence-electron chi connectivity index (χ4n) is 4.24. The summed E-state index contributed by atoms with van der Waals surface area (Å²) in [6, 6.07) is 3.82. The number of nitrogens with zero attached hydrogens (tertiary/aromatic N) is 3. The molecule has 1 aliphatic carbocycles. The summed E-state index contributed by atoms with van der Waals surface area (Å²) in [5.74, 6) is -2.15. The molecule has 35 heavy (non-hydrogen) atoms. The normalized spacial score (nSPS) is 16.4. The minimum atomic E-state index is -4.02. The number of hydrogen-bond donors (Lipinski definition) is 2. The molecule has 0 atom stereocenters. The number of oxazole rings is 1. The average Bonchev–Trinajstić information content (AvgIpc) is 3.28. The Morgan fingerprint density at radius 3 is 2.69 bits per heavy atom. The first-order valence-corrected chi connectivity index (χ1v) is 12.0. The third-order valence-electron chi connectivity index (χ3n) is 6.02.